The van der Waals surface area contributed by atoms with Crippen LogP contribution in [0.15, 0.2) is 24.4 Å². The largest absolute Gasteiger partial charge is 0.476 e. The number of hydrogen-bond donors (Lipinski definition) is 1. The third-order valence-corrected chi connectivity index (χ3v) is 2.54. The SMILES string of the molecule is Cc1ccc(-n2nncc2C(=O)O)cc1C(F)(F)F. The molecule has 1 heterocycles. The van der Waals surface area contributed by atoms with Crippen molar-refractivity contribution in [1.82, 2.24) is 15.0 Å². The van der Waals surface area contributed by atoms with Crippen molar-refractivity contribution in [1.29, 1.82) is 0 Å². The van der Waals surface area contributed by atoms with Gasteiger partial charge in [-0.15, -0.1) is 5.10 Å². The molecule has 0 bridgehead atoms. The molecule has 2 aromatic rings. The maximum Gasteiger partial charge on any atom is 0.416 e. The first-order valence-electron chi connectivity index (χ1n) is 5.13. The molecule has 0 aliphatic heterocycles. The topological polar surface area (TPSA) is 68.0 Å². The number of rotatable bonds is 2. The van der Waals surface area contributed by atoms with Crippen molar-refractivity contribution in [2.45, 2.75) is 13.1 Å². The van der Waals surface area contributed by atoms with Crippen LogP contribution in [-0.4, -0.2) is 26.1 Å². The molecule has 1 aromatic heterocycles. The lowest BCUT2D eigenvalue weighted by molar-refractivity contribution is -0.138. The van der Waals surface area contributed by atoms with Gasteiger partial charge in [-0.25, -0.2) is 9.48 Å². The second-order valence-corrected chi connectivity index (χ2v) is 3.83. The van der Waals surface area contributed by atoms with Gasteiger partial charge in [-0.05, 0) is 24.6 Å². The molecule has 0 spiro atoms. The van der Waals surface area contributed by atoms with Crippen molar-refractivity contribution in [2.24, 2.45) is 0 Å². The smallest absolute Gasteiger partial charge is 0.416 e. The molecule has 0 aliphatic rings. The van der Waals surface area contributed by atoms with Crippen LogP contribution in [-0.2, 0) is 6.18 Å². The summed E-state index contributed by atoms with van der Waals surface area (Å²) in [6.07, 6.45) is -3.54. The summed E-state index contributed by atoms with van der Waals surface area (Å²) < 4.78 is 39.1. The third-order valence-electron chi connectivity index (χ3n) is 2.54. The number of carbonyl (C=O) groups is 1. The standard InChI is InChI=1S/C11H8F3N3O2/c1-6-2-3-7(4-8(6)11(12,13)14)17-9(10(18)19)5-15-16-17/h2-5H,1H3,(H,18,19). The Morgan fingerprint density at radius 1 is 1.37 bits per heavy atom. The first kappa shape index (κ1) is 13.1. The summed E-state index contributed by atoms with van der Waals surface area (Å²) in [5.74, 6) is -1.32. The Bertz CT molecular complexity index is 634. The molecular formula is C11H8F3N3O2. The zero-order chi connectivity index (χ0) is 14.2. The van der Waals surface area contributed by atoms with Gasteiger partial charge in [0.25, 0.3) is 0 Å². The van der Waals surface area contributed by atoms with Crippen molar-refractivity contribution in [3.63, 3.8) is 0 Å². The van der Waals surface area contributed by atoms with E-state index in [1.807, 2.05) is 0 Å². The van der Waals surface area contributed by atoms with Gasteiger partial charge in [-0.3, -0.25) is 0 Å². The maximum absolute atomic E-state index is 12.8. The van der Waals surface area contributed by atoms with E-state index in [9.17, 15) is 18.0 Å². The van der Waals surface area contributed by atoms with Crippen molar-refractivity contribution < 1.29 is 23.1 Å². The van der Waals surface area contributed by atoms with E-state index in [4.69, 9.17) is 5.11 Å². The van der Waals surface area contributed by atoms with Crippen LogP contribution in [0, 0.1) is 6.92 Å². The lowest BCUT2D eigenvalue weighted by Crippen LogP contribution is -2.12. The fourth-order valence-corrected chi connectivity index (χ4v) is 1.62. The number of carboxylic acids is 1. The minimum atomic E-state index is -4.51. The second-order valence-electron chi connectivity index (χ2n) is 3.83. The van der Waals surface area contributed by atoms with Crippen LogP contribution < -0.4 is 0 Å². The minimum Gasteiger partial charge on any atom is -0.476 e. The van der Waals surface area contributed by atoms with E-state index in [1.165, 1.54) is 19.1 Å². The highest BCUT2D eigenvalue weighted by molar-refractivity contribution is 5.85. The number of hydrogen-bond acceptors (Lipinski definition) is 3. The Morgan fingerprint density at radius 3 is 2.63 bits per heavy atom. The Hall–Kier alpha value is -2.38. The number of aromatic nitrogens is 3. The summed E-state index contributed by atoms with van der Waals surface area (Å²) in [5, 5.41) is 15.7. The van der Waals surface area contributed by atoms with Crippen LogP contribution >= 0.6 is 0 Å². The molecule has 8 heteroatoms. The van der Waals surface area contributed by atoms with Crippen molar-refractivity contribution >= 4 is 5.97 Å². The van der Waals surface area contributed by atoms with Crippen LogP contribution in [0.1, 0.15) is 21.6 Å². The molecule has 2 rings (SSSR count). The van der Waals surface area contributed by atoms with E-state index in [0.717, 1.165) is 16.9 Å². The molecule has 0 saturated carbocycles. The van der Waals surface area contributed by atoms with Crippen LogP contribution in [0.3, 0.4) is 0 Å². The summed E-state index contributed by atoms with van der Waals surface area (Å²) in [5.41, 5.74) is -1.10. The average Bonchev–Trinajstić information content (AvgIpc) is 2.77. The quantitative estimate of drug-likeness (QED) is 0.909. The molecule has 0 fully saturated rings. The van der Waals surface area contributed by atoms with E-state index in [1.54, 1.807) is 0 Å². The minimum absolute atomic E-state index is 0.00664. The highest BCUT2D eigenvalue weighted by atomic mass is 19.4. The Kier molecular flexibility index (Phi) is 3.01. The van der Waals surface area contributed by atoms with Gasteiger partial charge >= 0.3 is 12.1 Å². The fourth-order valence-electron chi connectivity index (χ4n) is 1.62. The predicted molar refractivity (Wildman–Crippen MR) is 58.1 cm³/mol. The van der Waals surface area contributed by atoms with E-state index in [2.05, 4.69) is 10.3 Å². The highest BCUT2D eigenvalue weighted by Crippen LogP contribution is 2.33. The molecular weight excluding hydrogens is 263 g/mol. The third kappa shape index (κ3) is 2.42. The number of nitrogens with zero attached hydrogens (tertiary/aromatic N) is 3. The summed E-state index contributed by atoms with van der Waals surface area (Å²) in [6, 6.07) is 3.45. The molecule has 1 N–H and O–H groups in total. The van der Waals surface area contributed by atoms with Crippen molar-refractivity contribution in [3.8, 4) is 5.69 Å². The number of halogens is 3. The zero-order valence-electron chi connectivity index (χ0n) is 9.64. The second kappa shape index (κ2) is 4.38. The summed E-state index contributed by atoms with van der Waals surface area (Å²) in [6.45, 7) is 1.33. The van der Waals surface area contributed by atoms with Crippen molar-refractivity contribution in [3.05, 3.63) is 41.2 Å². The Morgan fingerprint density at radius 2 is 2.05 bits per heavy atom. The fraction of sp³-hybridized carbons (Fsp3) is 0.182. The van der Waals surface area contributed by atoms with E-state index in [0.29, 0.717) is 0 Å². The molecule has 1 aromatic carbocycles. The summed E-state index contributed by atoms with van der Waals surface area (Å²) >= 11 is 0. The maximum atomic E-state index is 12.8. The highest BCUT2D eigenvalue weighted by Gasteiger charge is 2.32. The number of benzene rings is 1. The molecule has 5 nitrogen and oxygen atoms in total. The van der Waals surface area contributed by atoms with Crippen LogP contribution in [0.5, 0.6) is 0 Å². The first-order valence-corrected chi connectivity index (χ1v) is 5.13. The van der Waals surface area contributed by atoms with Crippen molar-refractivity contribution in [2.75, 3.05) is 0 Å². The van der Waals surface area contributed by atoms with Crippen LogP contribution in [0.25, 0.3) is 5.69 Å². The lowest BCUT2D eigenvalue weighted by Gasteiger charge is -2.12. The van der Waals surface area contributed by atoms with Gasteiger partial charge in [0.1, 0.15) is 0 Å². The predicted octanol–water partition coefficient (Wildman–Crippen LogP) is 2.29. The number of aryl methyl sites for hydroxylation is 1. The summed E-state index contributed by atoms with van der Waals surface area (Å²) in [7, 11) is 0. The van der Waals surface area contributed by atoms with E-state index >= 15 is 0 Å². The van der Waals surface area contributed by atoms with Gasteiger partial charge in [0.05, 0.1) is 17.4 Å². The zero-order valence-corrected chi connectivity index (χ0v) is 9.64. The molecule has 19 heavy (non-hydrogen) atoms. The van der Waals surface area contributed by atoms with Gasteiger partial charge in [-0.1, -0.05) is 11.3 Å². The van der Waals surface area contributed by atoms with E-state index < -0.39 is 17.7 Å². The van der Waals surface area contributed by atoms with Gasteiger partial charge in [0.2, 0.25) is 0 Å². The van der Waals surface area contributed by atoms with Gasteiger partial charge in [0, 0.05) is 0 Å². The monoisotopic (exact) mass is 271 g/mol. The van der Waals surface area contributed by atoms with Crippen LogP contribution in [0.2, 0.25) is 0 Å². The molecule has 0 aliphatic carbocycles. The molecule has 100 valence electrons. The first-order chi connectivity index (χ1) is 8.80. The Labute approximate surface area is 105 Å². The molecule has 0 amide bonds. The molecule has 0 saturated heterocycles. The Balaban J connectivity index is 2.58. The number of alkyl halides is 3. The van der Waals surface area contributed by atoms with Gasteiger partial charge in [-0.2, -0.15) is 13.2 Å². The lowest BCUT2D eigenvalue weighted by atomic mass is 10.1. The normalized spacial score (nSPS) is 11.6. The molecule has 0 unspecified atom stereocenters. The molecule has 0 radical (unpaired) electrons. The van der Waals surface area contributed by atoms with Crippen LogP contribution in [0.4, 0.5) is 13.2 Å². The van der Waals surface area contributed by atoms with E-state index in [-0.39, 0.29) is 16.9 Å². The van der Waals surface area contributed by atoms with Gasteiger partial charge in [0.15, 0.2) is 5.69 Å². The number of aromatic carboxylic acids is 1. The summed E-state index contributed by atoms with van der Waals surface area (Å²) in [4.78, 5) is 10.9. The molecule has 0 atom stereocenters. The average molecular weight is 271 g/mol. The van der Waals surface area contributed by atoms with Gasteiger partial charge < -0.3 is 5.11 Å². The number of carboxylic acid groups (broad SMARTS) is 1.